The summed E-state index contributed by atoms with van der Waals surface area (Å²) in [5, 5.41) is 9.77. The van der Waals surface area contributed by atoms with E-state index in [-0.39, 0.29) is 12.3 Å². The van der Waals surface area contributed by atoms with Crippen LogP contribution in [0.2, 0.25) is 0 Å². The fourth-order valence-corrected chi connectivity index (χ4v) is 4.08. The first-order chi connectivity index (χ1) is 13.8. The molecule has 3 heterocycles. The number of rotatable bonds is 7. The second kappa shape index (κ2) is 8.77. The number of thiophene rings is 1. The van der Waals surface area contributed by atoms with E-state index in [1.807, 2.05) is 47.2 Å². The van der Waals surface area contributed by atoms with Crippen molar-refractivity contribution >= 4 is 34.3 Å². The smallest absolute Gasteiger partial charge is 0.230 e. The number of benzene rings is 1. The third kappa shape index (κ3) is 4.82. The van der Waals surface area contributed by atoms with E-state index in [0.717, 1.165) is 21.8 Å². The van der Waals surface area contributed by atoms with Crippen molar-refractivity contribution in [1.82, 2.24) is 9.97 Å². The molecule has 1 aromatic carbocycles. The molecule has 3 aromatic heterocycles. The van der Waals surface area contributed by atoms with Crippen LogP contribution >= 0.6 is 22.7 Å². The van der Waals surface area contributed by atoms with Gasteiger partial charge in [-0.2, -0.15) is 11.3 Å². The number of aromatic nitrogens is 2. The number of pyridine rings is 1. The molecule has 0 aliphatic rings. The fourth-order valence-electron chi connectivity index (χ4n) is 2.55. The number of carbonyl (C=O) groups is 1. The minimum absolute atomic E-state index is 0.123. The van der Waals surface area contributed by atoms with Crippen LogP contribution in [0.1, 0.15) is 11.3 Å². The molecular weight excluding hydrogens is 390 g/mol. The van der Waals surface area contributed by atoms with Crippen molar-refractivity contribution in [3.8, 4) is 16.5 Å². The van der Waals surface area contributed by atoms with Gasteiger partial charge in [0.25, 0.3) is 0 Å². The van der Waals surface area contributed by atoms with Crippen LogP contribution < -0.4 is 10.1 Å². The van der Waals surface area contributed by atoms with E-state index in [9.17, 15) is 4.79 Å². The number of nitrogens with zero attached hydrogens (tertiary/aromatic N) is 2. The first-order valence-electron chi connectivity index (χ1n) is 8.66. The predicted molar refractivity (Wildman–Crippen MR) is 113 cm³/mol. The lowest BCUT2D eigenvalue weighted by molar-refractivity contribution is -0.115. The van der Waals surface area contributed by atoms with Crippen molar-refractivity contribution in [2.24, 2.45) is 0 Å². The second-order valence-corrected chi connectivity index (χ2v) is 7.68. The minimum Gasteiger partial charge on any atom is -0.473 e. The van der Waals surface area contributed by atoms with E-state index < -0.39 is 0 Å². The summed E-state index contributed by atoms with van der Waals surface area (Å²) in [5.41, 5.74) is 3.56. The third-order valence-corrected chi connectivity index (χ3v) is 5.53. The molecule has 0 aliphatic carbocycles. The number of hydrogen-bond donors (Lipinski definition) is 1. The summed E-state index contributed by atoms with van der Waals surface area (Å²) < 4.78 is 5.65. The summed E-state index contributed by atoms with van der Waals surface area (Å²) in [7, 11) is 0. The van der Waals surface area contributed by atoms with Gasteiger partial charge in [0.05, 0.1) is 24.0 Å². The van der Waals surface area contributed by atoms with E-state index in [1.165, 1.54) is 0 Å². The molecule has 1 N–H and O–H groups in total. The third-order valence-electron chi connectivity index (χ3n) is 3.91. The zero-order valence-electron chi connectivity index (χ0n) is 14.9. The van der Waals surface area contributed by atoms with Gasteiger partial charge in [0.2, 0.25) is 11.8 Å². The summed E-state index contributed by atoms with van der Waals surface area (Å²) >= 11 is 3.18. The summed E-state index contributed by atoms with van der Waals surface area (Å²) in [6, 6.07) is 15.5. The van der Waals surface area contributed by atoms with Gasteiger partial charge in [-0.15, -0.1) is 11.3 Å². The number of amides is 1. The van der Waals surface area contributed by atoms with Crippen LogP contribution in [0.4, 0.5) is 5.69 Å². The Morgan fingerprint density at radius 2 is 1.96 bits per heavy atom. The normalized spacial score (nSPS) is 10.6. The van der Waals surface area contributed by atoms with Crippen LogP contribution in [0.15, 0.2) is 70.9 Å². The molecule has 0 aliphatic heterocycles. The molecule has 0 fully saturated rings. The highest BCUT2D eigenvalue weighted by Crippen LogP contribution is 2.26. The Morgan fingerprint density at radius 3 is 2.71 bits per heavy atom. The first kappa shape index (κ1) is 18.3. The fraction of sp³-hybridized carbons (Fsp3) is 0.0952. The number of hydrogen-bond acceptors (Lipinski definition) is 6. The van der Waals surface area contributed by atoms with Gasteiger partial charge in [0, 0.05) is 22.4 Å². The molecule has 4 aromatic rings. The van der Waals surface area contributed by atoms with E-state index in [2.05, 4.69) is 20.7 Å². The van der Waals surface area contributed by atoms with E-state index in [1.54, 1.807) is 41.0 Å². The molecule has 0 saturated heterocycles. The van der Waals surface area contributed by atoms with Gasteiger partial charge in [0.15, 0.2) is 0 Å². The van der Waals surface area contributed by atoms with Crippen LogP contribution in [-0.2, 0) is 17.8 Å². The topological polar surface area (TPSA) is 64.1 Å². The standard InChI is InChI=1S/C21H17N3O2S2/c25-19(10-18-14-28-21(24-18)16-8-9-27-13-16)23-17-6-7-20(22-11-17)26-12-15-4-2-1-3-5-15/h1-9,11,13-14H,10,12H2,(H,23,25). The predicted octanol–water partition coefficient (Wildman–Crippen LogP) is 5.03. The molecule has 0 bridgehead atoms. The lowest BCUT2D eigenvalue weighted by Gasteiger charge is -2.07. The highest BCUT2D eigenvalue weighted by atomic mass is 32.1. The number of nitrogens with one attached hydrogen (secondary N) is 1. The van der Waals surface area contributed by atoms with Crippen LogP contribution in [0, 0.1) is 0 Å². The zero-order chi connectivity index (χ0) is 19.2. The highest BCUT2D eigenvalue weighted by molar-refractivity contribution is 7.14. The number of ether oxygens (including phenoxy) is 1. The van der Waals surface area contributed by atoms with Crippen molar-refractivity contribution in [3.63, 3.8) is 0 Å². The zero-order valence-corrected chi connectivity index (χ0v) is 16.5. The van der Waals surface area contributed by atoms with Gasteiger partial charge >= 0.3 is 0 Å². The van der Waals surface area contributed by atoms with Crippen molar-refractivity contribution in [1.29, 1.82) is 0 Å². The molecule has 7 heteroatoms. The Balaban J connectivity index is 1.29. The first-order valence-corrected chi connectivity index (χ1v) is 10.5. The second-order valence-electron chi connectivity index (χ2n) is 6.04. The molecule has 4 rings (SSSR count). The Morgan fingerprint density at radius 1 is 1.07 bits per heavy atom. The Kier molecular flexibility index (Phi) is 5.75. The molecule has 0 saturated carbocycles. The average Bonchev–Trinajstić information content (AvgIpc) is 3.40. The molecule has 0 unspecified atom stereocenters. The van der Waals surface area contributed by atoms with Crippen molar-refractivity contribution in [2.75, 3.05) is 5.32 Å². The summed E-state index contributed by atoms with van der Waals surface area (Å²) in [6.07, 6.45) is 1.82. The molecule has 0 radical (unpaired) electrons. The lowest BCUT2D eigenvalue weighted by atomic mass is 10.2. The van der Waals surface area contributed by atoms with Crippen LogP contribution in [-0.4, -0.2) is 15.9 Å². The largest absolute Gasteiger partial charge is 0.473 e. The number of anilines is 1. The van der Waals surface area contributed by atoms with Gasteiger partial charge < -0.3 is 10.1 Å². The van der Waals surface area contributed by atoms with Crippen molar-refractivity contribution in [3.05, 3.63) is 82.1 Å². The van der Waals surface area contributed by atoms with Crippen LogP contribution in [0.25, 0.3) is 10.6 Å². The molecule has 0 atom stereocenters. The summed E-state index contributed by atoms with van der Waals surface area (Å²) in [4.78, 5) is 21.0. The molecule has 28 heavy (non-hydrogen) atoms. The summed E-state index contributed by atoms with van der Waals surface area (Å²) in [6.45, 7) is 0.454. The van der Waals surface area contributed by atoms with Gasteiger partial charge in [-0.05, 0) is 23.1 Å². The Labute approximate surface area is 170 Å². The molecule has 5 nitrogen and oxygen atoms in total. The van der Waals surface area contributed by atoms with Gasteiger partial charge in [-0.25, -0.2) is 9.97 Å². The maximum atomic E-state index is 12.3. The van der Waals surface area contributed by atoms with Crippen LogP contribution in [0.3, 0.4) is 0 Å². The van der Waals surface area contributed by atoms with Crippen molar-refractivity contribution < 1.29 is 9.53 Å². The SMILES string of the molecule is O=C(Cc1csc(-c2ccsc2)n1)Nc1ccc(OCc2ccccc2)nc1. The maximum absolute atomic E-state index is 12.3. The van der Waals surface area contributed by atoms with Gasteiger partial charge in [-0.1, -0.05) is 30.3 Å². The van der Waals surface area contributed by atoms with Crippen LogP contribution in [0.5, 0.6) is 5.88 Å². The minimum atomic E-state index is -0.123. The molecule has 140 valence electrons. The van der Waals surface area contributed by atoms with Crippen molar-refractivity contribution in [2.45, 2.75) is 13.0 Å². The number of thiazole rings is 1. The molecular formula is C21H17N3O2S2. The molecule has 1 amide bonds. The highest BCUT2D eigenvalue weighted by Gasteiger charge is 2.10. The summed E-state index contributed by atoms with van der Waals surface area (Å²) in [5.74, 6) is 0.392. The van der Waals surface area contributed by atoms with Gasteiger partial charge in [-0.3, -0.25) is 4.79 Å². The van der Waals surface area contributed by atoms with E-state index in [4.69, 9.17) is 4.74 Å². The Hall–Kier alpha value is -3.03. The monoisotopic (exact) mass is 407 g/mol. The van der Waals surface area contributed by atoms with E-state index >= 15 is 0 Å². The van der Waals surface area contributed by atoms with Gasteiger partial charge in [0.1, 0.15) is 11.6 Å². The average molecular weight is 408 g/mol. The van der Waals surface area contributed by atoms with E-state index in [0.29, 0.717) is 18.2 Å². The quantitative estimate of drug-likeness (QED) is 0.467. The maximum Gasteiger partial charge on any atom is 0.230 e. The number of carbonyl (C=O) groups excluding carboxylic acids is 1. The molecule has 0 spiro atoms. The lowest BCUT2D eigenvalue weighted by Crippen LogP contribution is -2.14. The Bertz CT molecular complexity index is 1030.